The van der Waals surface area contributed by atoms with Gasteiger partial charge in [0.05, 0.1) is 65.8 Å². The predicted molar refractivity (Wildman–Crippen MR) is 160 cm³/mol. The number of H-pyrrole nitrogens is 1. The summed E-state index contributed by atoms with van der Waals surface area (Å²) < 4.78 is 39.1. The Hall–Kier alpha value is -3.96. The van der Waals surface area contributed by atoms with Crippen LogP contribution in [0.3, 0.4) is 0 Å². The third-order valence-electron chi connectivity index (χ3n) is 9.94. The van der Waals surface area contributed by atoms with Crippen molar-refractivity contribution in [1.29, 1.82) is 0 Å². The number of ether oxygens (including phenoxy) is 7. The number of methoxy groups -OCH3 is 6. The van der Waals surface area contributed by atoms with Crippen LogP contribution in [-0.2, 0) is 25.4 Å². The van der Waals surface area contributed by atoms with Crippen molar-refractivity contribution in [3.63, 3.8) is 0 Å². The van der Waals surface area contributed by atoms with Gasteiger partial charge in [-0.2, -0.15) is 0 Å². The summed E-state index contributed by atoms with van der Waals surface area (Å²) in [5.74, 6) is 0.544. The van der Waals surface area contributed by atoms with Crippen molar-refractivity contribution in [3.8, 4) is 23.0 Å². The van der Waals surface area contributed by atoms with E-state index in [0.717, 1.165) is 37.2 Å². The number of fused-ring (bicyclic) bond motifs is 6. The fraction of sp³-hybridized carbons (Fsp3) is 0.515. The summed E-state index contributed by atoms with van der Waals surface area (Å²) in [4.78, 5) is 32.2. The molecule has 0 amide bonds. The molecule has 2 fully saturated rings. The van der Waals surface area contributed by atoms with Gasteiger partial charge in [0.1, 0.15) is 24.0 Å². The summed E-state index contributed by atoms with van der Waals surface area (Å²) in [6, 6.07) is 9.51. The molecule has 1 unspecified atom stereocenters. The minimum absolute atomic E-state index is 0.00387. The van der Waals surface area contributed by atoms with Crippen LogP contribution in [0.4, 0.5) is 0 Å². The van der Waals surface area contributed by atoms with Crippen molar-refractivity contribution in [1.82, 2.24) is 4.98 Å². The van der Waals surface area contributed by atoms with Gasteiger partial charge in [0, 0.05) is 42.8 Å². The van der Waals surface area contributed by atoms with Crippen LogP contribution in [0, 0.1) is 17.8 Å². The maximum absolute atomic E-state index is 13.5. The van der Waals surface area contributed by atoms with Gasteiger partial charge in [-0.05, 0) is 42.2 Å². The second-order valence-corrected chi connectivity index (χ2v) is 11.8. The molecule has 3 heterocycles. The van der Waals surface area contributed by atoms with E-state index >= 15 is 0 Å². The molecule has 2 aliphatic heterocycles. The van der Waals surface area contributed by atoms with E-state index in [2.05, 4.69) is 11.1 Å². The number of quaternary nitrogens is 1. The van der Waals surface area contributed by atoms with Crippen molar-refractivity contribution >= 4 is 22.8 Å². The van der Waals surface area contributed by atoms with Crippen molar-refractivity contribution in [2.75, 3.05) is 55.7 Å². The number of esters is 2. The van der Waals surface area contributed by atoms with Crippen molar-refractivity contribution in [2.24, 2.45) is 17.8 Å². The lowest BCUT2D eigenvalue weighted by molar-refractivity contribution is -0.945. The third kappa shape index (κ3) is 5.01. The van der Waals surface area contributed by atoms with Crippen molar-refractivity contribution < 1.29 is 47.6 Å². The van der Waals surface area contributed by atoms with Gasteiger partial charge in [-0.1, -0.05) is 0 Å². The molecule has 0 radical (unpaired) electrons. The van der Waals surface area contributed by atoms with Gasteiger partial charge < -0.3 is 43.0 Å². The van der Waals surface area contributed by atoms with Crippen molar-refractivity contribution in [3.05, 3.63) is 47.2 Å². The minimum atomic E-state index is -0.661. The molecular weight excluding hydrogens is 568 g/mol. The number of carbonyl (C=O) groups is 2. The first kappa shape index (κ1) is 30.1. The number of aromatic nitrogens is 1. The van der Waals surface area contributed by atoms with Gasteiger partial charge in [-0.25, -0.2) is 4.79 Å². The average Bonchev–Trinajstić information content (AvgIpc) is 3.43. The maximum Gasteiger partial charge on any atom is 0.338 e. The second-order valence-electron chi connectivity index (χ2n) is 11.8. The van der Waals surface area contributed by atoms with E-state index in [4.69, 9.17) is 33.2 Å². The summed E-state index contributed by atoms with van der Waals surface area (Å²) in [5.41, 5.74) is 3.90. The molecule has 11 heteroatoms. The van der Waals surface area contributed by atoms with Gasteiger partial charge >= 0.3 is 11.9 Å². The maximum atomic E-state index is 13.5. The molecular formula is C33H41N2O9+. The van der Waals surface area contributed by atoms with E-state index in [0.29, 0.717) is 23.7 Å². The fourth-order valence-electron chi connectivity index (χ4n) is 7.96. The zero-order valence-electron chi connectivity index (χ0n) is 26.1. The van der Waals surface area contributed by atoms with Crippen LogP contribution in [0.5, 0.6) is 23.0 Å². The minimum Gasteiger partial charge on any atom is -0.497 e. The topological polar surface area (TPSA) is 119 Å². The first-order valence-electron chi connectivity index (χ1n) is 15.0. The molecule has 3 aromatic rings. The SMILES string of the molecule is COC(=O)[C@@H]1[C@@H]2C[C@H]3c4[nH]c5cc(OC)ccc5c4CC[NH+]3C[C@H]2C[C@H](OC(=O)c2cc(OC)c(OC)c(OC)c2)[C@@H]1OC. The molecule has 11 nitrogen and oxygen atoms in total. The van der Waals surface area contributed by atoms with Crippen LogP contribution in [0.2, 0.25) is 0 Å². The Morgan fingerprint density at radius 3 is 2.30 bits per heavy atom. The lowest BCUT2D eigenvalue weighted by Crippen LogP contribution is -3.15. The third-order valence-corrected chi connectivity index (χ3v) is 9.94. The first-order chi connectivity index (χ1) is 21.3. The molecule has 44 heavy (non-hydrogen) atoms. The summed E-state index contributed by atoms with van der Waals surface area (Å²) in [7, 11) is 9.12. The van der Waals surface area contributed by atoms with Gasteiger partial charge in [0.2, 0.25) is 5.75 Å². The van der Waals surface area contributed by atoms with Crippen LogP contribution in [0.15, 0.2) is 30.3 Å². The standard InChI is InChI=1S/C33H40N2O9/c1-38-19-7-8-20-21-9-10-35-16-18-13-27(44-32(36)17-11-25(39-2)30(41-4)26(12-17)40-3)31(42-5)28(33(37)43-6)22(18)15-24(35)29(21)34-23(20)14-19/h7-8,11-12,14,18,22,24,27-28,31,34H,9-10,13,15-16H2,1-6H3/p+1/t18-,22-,24+,27+,28-,31+/m1/s1. The van der Waals surface area contributed by atoms with E-state index in [9.17, 15) is 9.59 Å². The highest BCUT2D eigenvalue weighted by Crippen LogP contribution is 2.46. The quantitative estimate of drug-likeness (QED) is 0.372. The van der Waals surface area contributed by atoms with E-state index in [-0.39, 0.29) is 29.4 Å². The number of aromatic amines is 1. The van der Waals surface area contributed by atoms with E-state index in [1.165, 1.54) is 50.0 Å². The zero-order chi connectivity index (χ0) is 31.1. The van der Waals surface area contributed by atoms with Crippen LogP contribution < -0.4 is 23.8 Å². The van der Waals surface area contributed by atoms with Gasteiger partial charge in [0.15, 0.2) is 11.5 Å². The summed E-state index contributed by atoms with van der Waals surface area (Å²) in [5, 5.41) is 1.23. The van der Waals surface area contributed by atoms with Crippen LogP contribution in [0.25, 0.3) is 10.9 Å². The Labute approximate surface area is 256 Å². The summed E-state index contributed by atoms with van der Waals surface area (Å²) in [6.45, 7) is 1.85. The van der Waals surface area contributed by atoms with E-state index < -0.39 is 24.1 Å². The lowest BCUT2D eigenvalue weighted by Gasteiger charge is -2.50. The first-order valence-corrected chi connectivity index (χ1v) is 15.0. The Bertz CT molecular complexity index is 1530. The smallest absolute Gasteiger partial charge is 0.338 e. The molecule has 2 N–H and O–H groups in total. The predicted octanol–water partition coefficient (Wildman–Crippen LogP) is 2.75. The number of piperidine rings is 1. The molecule has 0 bridgehead atoms. The van der Waals surface area contributed by atoms with Crippen molar-refractivity contribution in [2.45, 2.75) is 37.5 Å². The molecule has 1 saturated carbocycles. The molecule has 3 aliphatic rings. The molecule has 1 aromatic heterocycles. The Morgan fingerprint density at radius 2 is 1.66 bits per heavy atom. The van der Waals surface area contributed by atoms with E-state index in [1.807, 2.05) is 12.1 Å². The van der Waals surface area contributed by atoms with Crippen LogP contribution in [0.1, 0.15) is 40.5 Å². The second kappa shape index (κ2) is 12.2. The largest absolute Gasteiger partial charge is 0.497 e. The monoisotopic (exact) mass is 609 g/mol. The van der Waals surface area contributed by atoms with Crippen LogP contribution >= 0.6 is 0 Å². The fourth-order valence-corrected chi connectivity index (χ4v) is 7.96. The van der Waals surface area contributed by atoms with Crippen LogP contribution in [-0.4, -0.2) is 84.9 Å². The highest BCUT2D eigenvalue weighted by molar-refractivity contribution is 5.91. The molecule has 2 aromatic carbocycles. The molecule has 7 atom stereocenters. The number of nitrogens with one attached hydrogen (secondary N) is 2. The molecule has 0 spiro atoms. The molecule has 1 aliphatic carbocycles. The van der Waals surface area contributed by atoms with Gasteiger partial charge in [-0.15, -0.1) is 0 Å². The molecule has 6 rings (SSSR count). The zero-order valence-corrected chi connectivity index (χ0v) is 26.1. The lowest BCUT2D eigenvalue weighted by atomic mass is 9.63. The molecule has 1 saturated heterocycles. The average molecular weight is 610 g/mol. The Balaban J connectivity index is 1.29. The van der Waals surface area contributed by atoms with Gasteiger partial charge in [-0.3, -0.25) is 4.79 Å². The van der Waals surface area contributed by atoms with E-state index in [1.54, 1.807) is 26.4 Å². The summed E-state index contributed by atoms with van der Waals surface area (Å²) in [6.07, 6.45) is 1.04. The number of rotatable bonds is 8. The number of carbonyl (C=O) groups excluding carboxylic acids is 2. The Kier molecular flexibility index (Phi) is 8.34. The number of hydrogen-bond acceptors (Lipinski definition) is 9. The number of benzene rings is 2. The Morgan fingerprint density at radius 1 is 0.909 bits per heavy atom. The highest BCUT2D eigenvalue weighted by Gasteiger charge is 2.56. The number of hydrogen-bond donors (Lipinski definition) is 2. The highest BCUT2D eigenvalue weighted by atomic mass is 16.6. The van der Waals surface area contributed by atoms with Gasteiger partial charge in [0.25, 0.3) is 0 Å². The summed E-state index contributed by atoms with van der Waals surface area (Å²) >= 11 is 0. The molecule has 236 valence electrons. The normalized spacial score (nSPS) is 27.4.